The van der Waals surface area contributed by atoms with Gasteiger partial charge in [-0.2, -0.15) is 0 Å². The van der Waals surface area contributed by atoms with E-state index in [2.05, 4.69) is 6.92 Å². The molecule has 0 aromatic rings. The van der Waals surface area contributed by atoms with Gasteiger partial charge >= 0.3 is 5.97 Å². The normalized spacial score (nSPS) is 18.2. The molecule has 2 heteroatoms. The van der Waals surface area contributed by atoms with Crippen molar-refractivity contribution in [2.24, 2.45) is 0 Å². The van der Waals surface area contributed by atoms with Crippen LogP contribution in [0.25, 0.3) is 0 Å². The van der Waals surface area contributed by atoms with Crippen molar-refractivity contribution in [1.82, 2.24) is 0 Å². The van der Waals surface area contributed by atoms with Crippen molar-refractivity contribution in [3.05, 3.63) is 12.2 Å². The maximum atomic E-state index is 11.4. The first kappa shape index (κ1) is 12.3. The Hall–Kier alpha value is -0.790. The van der Waals surface area contributed by atoms with Crippen LogP contribution in [0.4, 0.5) is 0 Å². The molecule has 0 heterocycles. The standard InChI is InChI=1S/C13H22O2/c1-2-3-4-8-11-13(14)15-12-9-6-5-7-10-12/h8,11-12H,2-7,9-10H2,1H3/b11-8+. The van der Waals surface area contributed by atoms with Crippen LogP contribution in [0.15, 0.2) is 12.2 Å². The highest BCUT2D eigenvalue weighted by Crippen LogP contribution is 2.20. The van der Waals surface area contributed by atoms with Crippen LogP contribution in [-0.2, 0) is 9.53 Å². The molecule has 0 amide bonds. The van der Waals surface area contributed by atoms with Crippen LogP contribution in [0.5, 0.6) is 0 Å². The van der Waals surface area contributed by atoms with E-state index in [0.717, 1.165) is 25.7 Å². The van der Waals surface area contributed by atoms with Crippen LogP contribution >= 0.6 is 0 Å². The first-order chi connectivity index (χ1) is 7.33. The van der Waals surface area contributed by atoms with Gasteiger partial charge in [0, 0.05) is 6.08 Å². The Morgan fingerprint density at radius 1 is 1.33 bits per heavy atom. The third-order valence-corrected chi connectivity index (χ3v) is 2.81. The molecule has 0 aromatic heterocycles. The molecule has 1 aliphatic carbocycles. The Kier molecular flexibility index (Phi) is 6.14. The zero-order valence-electron chi connectivity index (χ0n) is 9.71. The summed E-state index contributed by atoms with van der Waals surface area (Å²) in [6.07, 6.45) is 12.8. The van der Waals surface area contributed by atoms with Crippen LogP contribution in [0.3, 0.4) is 0 Å². The van der Waals surface area contributed by atoms with E-state index in [0.29, 0.717) is 0 Å². The van der Waals surface area contributed by atoms with E-state index in [4.69, 9.17) is 4.74 Å². The smallest absolute Gasteiger partial charge is 0.330 e. The van der Waals surface area contributed by atoms with Crippen molar-refractivity contribution in [3.63, 3.8) is 0 Å². The SMILES string of the molecule is CCCC/C=C/C(=O)OC1CCCCC1. The van der Waals surface area contributed by atoms with Gasteiger partial charge in [0.25, 0.3) is 0 Å². The third kappa shape index (κ3) is 5.60. The second-order valence-electron chi connectivity index (χ2n) is 4.24. The maximum absolute atomic E-state index is 11.4. The van der Waals surface area contributed by atoms with Crippen LogP contribution in [-0.4, -0.2) is 12.1 Å². The monoisotopic (exact) mass is 210 g/mol. The summed E-state index contributed by atoms with van der Waals surface area (Å²) in [6, 6.07) is 0. The van der Waals surface area contributed by atoms with Crippen molar-refractivity contribution < 1.29 is 9.53 Å². The fourth-order valence-electron chi connectivity index (χ4n) is 1.89. The zero-order valence-corrected chi connectivity index (χ0v) is 9.71. The molecule has 0 radical (unpaired) electrons. The van der Waals surface area contributed by atoms with E-state index in [9.17, 15) is 4.79 Å². The van der Waals surface area contributed by atoms with Gasteiger partial charge in [0.2, 0.25) is 0 Å². The number of hydrogen-bond acceptors (Lipinski definition) is 2. The minimum absolute atomic E-state index is 0.155. The van der Waals surface area contributed by atoms with E-state index in [1.807, 2.05) is 6.08 Å². The molecule has 1 saturated carbocycles. The second kappa shape index (κ2) is 7.49. The molecule has 86 valence electrons. The largest absolute Gasteiger partial charge is 0.459 e. The summed E-state index contributed by atoms with van der Waals surface area (Å²) in [5, 5.41) is 0. The van der Waals surface area contributed by atoms with Gasteiger partial charge < -0.3 is 4.74 Å². The minimum atomic E-state index is -0.155. The average molecular weight is 210 g/mol. The Balaban J connectivity index is 2.13. The highest BCUT2D eigenvalue weighted by atomic mass is 16.5. The van der Waals surface area contributed by atoms with E-state index in [1.165, 1.54) is 25.7 Å². The molecule has 0 aliphatic heterocycles. The van der Waals surface area contributed by atoms with Gasteiger partial charge in [0.15, 0.2) is 0 Å². The molecule has 0 spiro atoms. The molecule has 0 saturated heterocycles. The van der Waals surface area contributed by atoms with Crippen molar-refractivity contribution in [3.8, 4) is 0 Å². The third-order valence-electron chi connectivity index (χ3n) is 2.81. The molecule has 0 bridgehead atoms. The Labute approximate surface area is 92.7 Å². The molecule has 0 N–H and O–H groups in total. The van der Waals surface area contributed by atoms with Crippen LogP contribution < -0.4 is 0 Å². The van der Waals surface area contributed by atoms with Gasteiger partial charge in [-0.1, -0.05) is 32.3 Å². The highest BCUT2D eigenvalue weighted by Gasteiger charge is 2.15. The predicted molar refractivity (Wildman–Crippen MR) is 61.6 cm³/mol. The van der Waals surface area contributed by atoms with Crippen LogP contribution in [0.2, 0.25) is 0 Å². The molecule has 1 rings (SSSR count). The summed E-state index contributed by atoms with van der Waals surface area (Å²) < 4.78 is 5.35. The van der Waals surface area contributed by atoms with Gasteiger partial charge in [-0.3, -0.25) is 0 Å². The van der Waals surface area contributed by atoms with Gasteiger partial charge in [-0.15, -0.1) is 0 Å². The fraction of sp³-hybridized carbons (Fsp3) is 0.769. The maximum Gasteiger partial charge on any atom is 0.330 e. The lowest BCUT2D eigenvalue weighted by Crippen LogP contribution is -2.19. The lowest BCUT2D eigenvalue weighted by atomic mass is 9.98. The number of allylic oxidation sites excluding steroid dienone is 1. The number of rotatable bonds is 5. The van der Waals surface area contributed by atoms with E-state index < -0.39 is 0 Å². The molecule has 0 atom stereocenters. The number of hydrogen-bond donors (Lipinski definition) is 0. The summed E-state index contributed by atoms with van der Waals surface area (Å²) in [5.41, 5.74) is 0. The van der Waals surface area contributed by atoms with E-state index in [-0.39, 0.29) is 12.1 Å². The molecule has 1 fully saturated rings. The topological polar surface area (TPSA) is 26.3 Å². The summed E-state index contributed by atoms with van der Waals surface area (Å²) in [5.74, 6) is -0.155. The van der Waals surface area contributed by atoms with Crippen LogP contribution in [0.1, 0.15) is 58.3 Å². The molecule has 1 aliphatic rings. The molecule has 2 nitrogen and oxygen atoms in total. The van der Waals surface area contributed by atoms with E-state index in [1.54, 1.807) is 6.08 Å². The molecule has 0 unspecified atom stereocenters. The number of carbonyl (C=O) groups is 1. The lowest BCUT2D eigenvalue weighted by Gasteiger charge is -2.20. The van der Waals surface area contributed by atoms with Crippen molar-refractivity contribution in [2.75, 3.05) is 0 Å². The number of esters is 1. The number of unbranched alkanes of at least 4 members (excludes halogenated alkanes) is 2. The Morgan fingerprint density at radius 3 is 2.73 bits per heavy atom. The first-order valence-electron chi connectivity index (χ1n) is 6.20. The molecular formula is C13H22O2. The predicted octanol–water partition coefficient (Wildman–Crippen LogP) is 3.61. The van der Waals surface area contributed by atoms with Gasteiger partial charge in [-0.05, 0) is 32.1 Å². The summed E-state index contributed by atoms with van der Waals surface area (Å²) in [4.78, 5) is 11.4. The summed E-state index contributed by atoms with van der Waals surface area (Å²) >= 11 is 0. The Bertz CT molecular complexity index is 203. The summed E-state index contributed by atoms with van der Waals surface area (Å²) in [7, 11) is 0. The highest BCUT2D eigenvalue weighted by molar-refractivity contribution is 5.82. The molecular weight excluding hydrogens is 188 g/mol. The van der Waals surface area contributed by atoms with Gasteiger partial charge in [0.05, 0.1) is 0 Å². The van der Waals surface area contributed by atoms with Crippen molar-refractivity contribution in [1.29, 1.82) is 0 Å². The minimum Gasteiger partial charge on any atom is -0.459 e. The Morgan fingerprint density at radius 2 is 2.07 bits per heavy atom. The average Bonchev–Trinajstić information content (AvgIpc) is 2.26. The first-order valence-corrected chi connectivity index (χ1v) is 6.20. The second-order valence-corrected chi connectivity index (χ2v) is 4.24. The zero-order chi connectivity index (χ0) is 10.9. The molecule has 0 aromatic carbocycles. The quantitative estimate of drug-likeness (QED) is 0.393. The summed E-state index contributed by atoms with van der Waals surface area (Å²) in [6.45, 7) is 2.15. The number of ether oxygens (including phenoxy) is 1. The van der Waals surface area contributed by atoms with Crippen LogP contribution in [0, 0.1) is 0 Å². The molecule has 15 heavy (non-hydrogen) atoms. The van der Waals surface area contributed by atoms with Gasteiger partial charge in [0.1, 0.15) is 6.10 Å². The fourth-order valence-corrected chi connectivity index (χ4v) is 1.89. The lowest BCUT2D eigenvalue weighted by molar-refractivity contribution is -0.144. The van der Waals surface area contributed by atoms with Crippen molar-refractivity contribution >= 4 is 5.97 Å². The van der Waals surface area contributed by atoms with Gasteiger partial charge in [-0.25, -0.2) is 4.79 Å². The van der Waals surface area contributed by atoms with E-state index >= 15 is 0 Å². The van der Waals surface area contributed by atoms with Crippen molar-refractivity contribution in [2.45, 2.75) is 64.4 Å². The number of carbonyl (C=O) groups excluding carboxylic acids is 1.